The molecule has 4 rings (SSSR count). The Labute approximate surface area is 189 Å². The highest BCUT2D eigenvalue weighted by Crippen LogP contribution is 2.28. The maximum absolute atomic E-state index is 12.6. The van der Waals surface area contributed by atoms with Crippen molar-refractivity contribution in [2.75, 3.05) is 62.7 Å². The topological polar surface area (TPSA) is 65.1 Å². The van der Waals surface area contributed by atoms with Crippen molar-refractivity contribution < 1.29 is 14.3 Å². The van der Waals surface area contributed by atoms with Crippen LogP contribution in [0.1, 0.15) is 12.8 Å². The number of methoxy groups -OCH3 is 1. The molecule has 0 radical (unpaired) electrons. The molecule has 2 heterocycles. The van der Waals surface area contributed by atoms with E-state index in [2.05, 4.69) is 39.4 Å². The number of nitrogens with zero attached hydrogens (tertiary/aromatic N) is 3. The molecule has 2 aliphatic rings. The molecule has 2 amide bonds. The molecule has 2 aliphatic heterocycles. The Hall–Kier alpha value is -3.06. The summed E-state index contributed by atoms with van der Waals surface area (Å²) in [6.45, 7) is 6.16. The van der Waals surface area contributed by atoms with E-state index in [-0.39, 0.29) is 24.2 Å². The maximum Gasteiger partial charge on any atom is 0.227 e. The summed E-state index contributed by atoms with van der Waals surface area (Å²) in [7, 11) is 1.60. The largest absolute Gasteiger partial charge is 0.497 e. The van der Waals surface area contributed by atoms with E-state index >= 15 is 0 Å². The van der Waals surface area contributed by atoms with Crippen LogP contribution in [0.4, 0.5) is 11.4 Å². The fourth-order valence-corrected chi connectivity index (χ4v) is 4.44. The summed E-state index contributed by atoms with van der Waals surface area (Å²) in [6, 6.07) is 17.9. The van der Waals surface area contributed by atoms with E-state index in [9.17, 15) is 9.59 Å². The third-order valence-electron chi connectivity index (χ3n) is 6.30. The Bertz CT molecular complexity index is 912. The van der Waals surface area contributed by atoms with Gasteiger partial charge in [-0.25, -0.2) is 0 Å². The van der Waals surface area contributed by atoms with Crippen molar-refractivity contribution in [1.29, 1.82) is 0 Å². The monoisotopic (exact) mass is 436 g/mol. The highest BCUT2D eigenvalue weighted by atomic mass is 16.5. The normalized spacial score (nSPS) is 19.3. The molecule has 0 bridgehead atoms. The van der Waals surface area contributed by atoms with E-state index in [0.29, 0.717) is 18.8 Å². The Morgan fingerprint density at radius 2 is 1.78 bits per heavy atom. The van der Waals surface area contributed by atoms with Crippen molar-refractivity contribution in [2.45, 2.75) is 12.8 Å². The second kappa shape index (κ2) is 10.5. The zero-order chi connectivity index (χ0) is 22.3. The molecule has 2 aromatic rings. The molecule has 2 aromatic carbocycles. The molecule has 32 heavy (non-hydrogen) atoms. The molecule has 7 heteroatoms. The van der Waals surface area contributed by atoms with Gasteiger partial charge in [0.2, 0.25) is 11.8 Å². The lowest BCUT2D eigenvalue weighted by Gasteiger charge is -2.36. The summed E-state index contributed by atoms with van der Waals surface area (Å²) in [6.07, 6.45) is 1.17. The Morgan fingerprint density at radius 3 is 2.53 bits per heavy atom. The lowest BCUT2D eigenvalue weighted by atomic mass is 10.1. The lowest BCUT2D eigenvalue weighted by Crippen LogP contribution is -2.47. The zero-order valence-corrected chi connectivity index (χ0v) is 18.7. The van der Waals surface area contributed by atoms with E-state index in [1.54, 1.807) is 12.0 Å². The van der Waals surface area contributed by atoms with Gasteiger partial charge in [-0.1, -0.05) is 24.3 Å². The maximum atomic E-state index is 12.6. The molecular weight excluding hydrogens is 404 g/mol. The first-order chi connectivity index (χ1) is 15.6. The van der Waals surface area contributed by atoms with Crippen molar-refractivity contribution >= 4 is 23.2 Å². The van der Waals surface area contributed by atoms with Crippen LogP contribution in [0.3, 0.4) is 0 Å². The quantitative estimate of drug-likeness (QED) is 0.644. The number of hydrogen-bond acceptors (Lipinski definition) is 5. The smallest absolute Gasteiger partial charge is 0.227 e. The molecule has 0 aliphatic carbocycles. The second-order valence-corrected chi connectivity index (χ2v) is 8.42. The van der Waals surface area contributed by atoms with E-state index < -0.39 is 0 Å². The van der Waals surface area contributed by atoms with Gasteiger partial charge in [-0.3, -0.25) is 14.5 Å². The van der Waals surface area contributed by atoms with Gasteiger partial charge in [0, 0.05) is 63.1 Å². The van der Waals surface area contributed by atoms with Crippen LogP contribution < -0.4 is 19.9 Å². The van der Waals surface area contributed by atoms with Crippen LogP contribution in [0.15, 0.2) is 54.6 Å². The number of amides is 2. The first-order valence-electron chi connectivity index (χ1n) is 11.4. The van der Waals surface area contributed by atoms with E-state index in [1.807, 2.05) is 30.3 Å². The Balaban J connectivity index is 1.16. The number of ether oxygens (including phenoxy) is 1. The van der Waals surface area contributed by atoms with Gasteiger partial charge in [0.25, 0.3) is 0 Å². The third kappa shape index (κ3) is 5.40. The summed E-state index contributed by atoms with van der Waals surface area (Å²) >= 11 is 0. The Morgan fingerprint density at radius 1 is 1.03 bits per heavy atom. The number of nitrogens with one attached hydrogen (secondary N) is 1. The van der Waals surface area contributed by atoms with Crippen molar-refractivity contribution in [1.82, 2.24) is 10.2 Å². The fourth-order valence-electron chi connectivity index (χ4n) is 4.44. The average Bonchev–Trinajstić information content (AvgIpc) is 3.24. The zero-order valence-electron chi connectivity index (χ0n) is 18.7. The average molecular weight is 437 g/mol. The molecule has 7 nitrogen and oxygen atoms in total. The first-order valence-corrected chi connectivity index (χ1v) is 11.4. The predicted octanol–water partition coefficient (Wildman–Crippen LogP) is 2.38. The molecule has 1 atom stereocenters. The summed E-state index contributed by atoms with van der Waals surface area (Å²) < 4.78 is 5.24. The minimum atomic E-state index is -0.303. The van der Waals surface area contributed by atoms with Gasteiger partial charge in [0.15, 0.2) is 0 Å². The lowest BCUT2D eigenvalue weighted by molar-refractivity contribution is -0.126. The molecule has 170 valence electrons. The van der Waals surface area contributed by atoms with E-state index in [1.165, 1.54) is 5.69 Å². The molecule has 1 N–H and O–H groups in total. The van der Waals surface area contributed by atoms with Gasteiger partial charge in [-0.15, -0.1) is 0 Å². The highest BCUT2D eigenvalue weighted by molar-refractivity contribution is 6.00. The number of para-hydroxylation sites is 1. The number of rotatable bonds is 8. The van der Waals surface area contributed by atoms with Crippen LogP contribution in [-0.2, 0) is 9.59 Å². The number of benzene rings is 2. The van der Waals surface area contributed by atoms with E-state index in [0.717, 1.165) is 44.8 Å². The second-order valence-electron chi connectivity index (χ2n) is 8.42. The molecule has 0 spiro atoms. The number of piperazine rings is 1. The Kier molecular flexibility index (Phi) is 7.27. The molecule has 2 fully saturated rings. The molecular formula is C25H32N4O3. The molecule has 0 saturated carbocycles. The van der Waals surface area contributed by atoms with Crippen molar-refractivity contribution in [3.05, 3.63) is 54.6 Å². The number of anilines is 2. The van der Waals surface area contributed by atoms with Gasteiger partial charge in [-0.05, 0) is 37.2 Å². The number of hydrogen-bond donors (Lipinski definition) is 1. The minimum absolute atomic E-state index is 0.0188. The van der Waals surface area contributed by atoms with Crippen molar-refractivity contribution in [2.24, 2.45) is 5.92 Å². The third-order valence-corrected chi connectivity index (χ3v) is 6.30. The minimum Gasteiger partial charge on any atom is -0.497 e. The predicted molar refractivity (Wildman–Crippen MR) is 126 cm³/mol. The standard InChI is InChI=1S/C25H32N4O3/c1-32-23-10-5-9-22(18-23)29-19-20(17-24(29)30)25(31)26-11-6-12-27-13-15-28(16-14-27)21-7-3-2-4-8-21/h2-5,7-10,18,20H,6,11-17,19H2,1H3,(H,26,31). The van der Waals surface area contributed by atoms with Crippen molar-refractivity contribution in [3.8, 4) is 5.75 Å². The summed E-state index contributed by atoms with van der Waals surface area (Å²) in [5.74, 6) is 0.350. The van der Waals surface area contributed by atoms with Crippen LogP contribution >= 0.6 is 0 Å². The highest BCUT2D eigenvalue weighted by Gasteiger charge is 2.35. The van der Waals surface area contributed by atoms with Crippen LogP contribution in [0, 0.1) is 5.92 Å². The number of carbonyl (C=O) groups is 2. The first kappa shape index (κ1) is 22.1. The summed E-state index contributed by atoms with van der Waals surface area (Å²) in [4.78, 5) is 31.6. The van der Waals surface area contributed by atoms with Crippen LogP contribution in [0.5, 0.6) is 5.75 Å². The SMILES string of the molecule is COc1cccc(N2CC(C(=O)NCCCN3CCN(c4ccccc4)CC3)CC2=O)c1. The van der Waals surface area contributed by atoms with Crippen LogP contribution in [0.25, 0.3) is 0 Å². The molecule has 0 aromatic heterocycles. The van der Waals surface area contributed by atoms with Gasteiger partial charge in [0.1, 0.15) is 5.75 Å². The van der Waals surface area contributed by atoms with Gasteiger partial charge < -0.3 is 19.9 Å². The van der Waals surface area contributed by atoms with Gasteiger partial charge >= 0.3 is 0 Å². The van der Waals surface area contributed by atoms with Crippen LogP contribution in [0.2, 0.25) is 0 Å². The van der Waals surface area contributed by atoms with Gasteiger partial charge in [0.05, 0.1) is 13.0 Å². The summed E-state index contributed by atoms with van der Waals surface area (Å²) in [5, 5.41) is 3.03. The van der Waals surface area contributed by atoms with E-state index in [4.69, 9.17) is 4.74 Å². The van der Waals surface area contributed by atoms with Crippen molar-refractivity contribution in [3.63, 3.8) is 0 Å². The number of carbonyl (C=O) groups excluding carboxylic acids is 2. The summed E-state index contributed by atoms with van der Waals surface area (Å²) in [5.41, 5.74) is 2.06. The van der Waals surface area contributed by atoms with Crippen LogP contribution in [-0.4, -0.2) is 69.6 Å². The molecule has 2 saturated heterocycles. The molecule has 1 unspecified atom stereocenters. The van der Waals surface area contributed by atoms with Gasteiger partial charge in [-0.2, -0.15) is 0 Å². The fraction of sp³-hybridized carbons (Fsp3) is 0.440.